The van der Waals surface area contributed by atoms with Gasteiger partial charge in [-0.2, -0.15) is 0 Å². The molecule has 0 atom stereocenters. The number of anilines is 2. The average molecular weight is 737 g/mol. The van der Waals surface area contributed by atoms with Gasteiger partial charge in [0.2, 0.25) is 5.91 Å². The lowest BCUT2D eigenvalue weighted by Gasteiger charge is -2.41. The average Bonchev–Trinajstić information content (AvgIpc) is 3.10. The molecule has 4 aromatic rings. The summed E-state index contributed by atoms with van der Waals surface area (Å²) < 4.78 is 0. The van der Waals surface area contributed by atoms with Crippen LogP contribution in [-0.4, -0.2) is 28.1 Å². The molecule has 55 heavy (non-hydrogen) atoms. The van der Waals surface area contributed by atoms with Crippen molar-refractivity contribution < 1.29 is 24.6 Å². The van der Waals surface area contributed by atoms with Crippen LogP contribution in [0.1, 0.15) is 153 Å². The molecule has 6 rings (SSSR count). The Balaban J connectivity index is 0.000000212. The van der Waals surface area contributed by atoms with Crippen molar-refractivity contribution in [1.29, 1.82) is 0 Å². The van der Waals surface area contributed by atoms with E-state index in [2.05, 4.69) is 121 Å². The van der Waals surface area contributed by atoms with Gasteiger partial charge in [-0.25, -0.2) is 9.59 Å². The normalized spacial score (nSPS) is 16.5. The van der Waals surface area contributed by atoms with E-state index in [1.165, 1.54) is 54.2 Å². The Labute approximate surface area is 325 Å². The number of carboxylic acid groups (broad SMARTS) is 2. The molecular formula is C48H52N2O5. The Kier molecular flexibility index (Phi) is 11.1. The van der Waals surface area contributed by atoms with Crippen molar-refractivity contribution in [3.05, 3.63) is 128 Å². The molecule has 4 aromatic carbocycles. The van der Waals surface area contributed by atoms with E-state index in [9.17, 15) is 19.5 Å². The number of hydrogen-bond acceptors (Lipinski definition) is 4. The van der Waals surface area contributed by atoms with Crippen LogP contribution < -0.4 is 11.1 Å². The van der Waals surface area contributed by atoms with Crippen molar-refractivity contribution in [2.45, 2.75) is 110 Å². The van der Waals surface area contributed by atoms with E-state index in [0.29, 0.717) is 11.1 Å². The lowest BCUT2D eigenvalue weighted by Crippen LogP contribution is -2.33. The molecule has 0 saturated heterocycles. The molecule has 2 aliphatic rings. The van der Waals surface area contributed by atoms with Gasteiger partial charge in [-0.05, 0) is 130 Å². The van der Waals surface area contributed by atoms with Gasteiger partial charge >= 0.3 is 11.9 Å². The number of rotatable bonds is 3. The molecule has 0 spiro atoms. The molecule has 7 nitrogen and oxygen atoms in total. The molecule has 0 saturated carbocycles. The third-order valence-electron chi connectivity index (χ3n) is 11.3. The maximum absolute atomic E-state index is 11.4. The SMILES string of the molecule is CC(=O)Nc1cc(C#Cc2ccc3c(c2)C(C)(C)CCC3(C)C)ccc1C(=O)O.CC1(C)CCC(C)(C)c2cc(C#Cc3ccc(C(=O)O)c(N)c3)ccc21. The Hall–Kier alpha value is -5.79. The first kappa shape index (κ1) is 40.4. The smallest absolute Gasteiger partial charge is 0.337 e. The molecule has 0 aliphatic heterocycles. The Morgan fingerprint density at radius 1 is 0.527 bits per heavy atom. The predicted octanol–water partition coefficient (Wildman–Crippen LogP) is 9.81. The van der Waals surface area contributed by atoms with Crippen molar-refractivity contribution >= 4 is 29.2 Å². The first-order chi connectivity index (χ1) is 25.6. The lowest BCUT2D eigenvalue weighted by molar-refractivity contribution is -0.114. The second-order valence-electron chi connectivity index (χ2n) is 17.4. The van der Waals surface area contributed by atoms with Gasteiger partial charge in [0.1, 0.15) is 0 Å². The highest BCUT2D eigenvalue weighted by molar-refractivity contribution is 6.00. The predicted molar refractivity (Wildman–Crippen MR) is 221 cm³/mol. The quantitative estimate of drug-likeness (QED) is 0.122. The monoisotopic (exact) mass is 736 g/mol. The highest BCUT2D eigenvalue weighted by Gasteiger charge is 2.38. The second-order valence-corrected chi connectivity index (χ2v) is 17.4. The highest BCUT2D eigenvalue weighted by atomic mass is 16.4. The fraction of sp³-hybridized carbons (Fsp3) is 0.354. The molecule has 0 radical (unpaired) electrons. The minimum atomic E-state index is -1.09. The van der Waals surface area contributed by atoms with Crippen LogP contribution in [0.15, 0.2) is 72.8 Å². The third-order valence-corrected chi connectivity index (χ3v) is 11.3. The first-order valence-electron chi connectivity index (χ1n) is 18.7. The van der Waals surface area contributed by atoms with Gasteiger partial charge in [-0.1, -0.05) is 91.2 Å². The van der Waals surface area contributed by atoms with Crippen LogP contribution in [0.3, 0.4) is 0 Å². The maximum Gasteiger partial charge on any atom is 0.337 e. The molecule has 7 heteroatoms. The summed E-state index contributed by atoms with van der Waals surface area (Å²) in [7, 11) is 0. The van der Waals surface area contributed by atoms with Crippen molar-refractivity contribution in [1.82, 2.24) is 0 Å². The maximum atomic E-state index is 11.4. The molecule has 0 fully saturated rings. The van der Waals surface area contributed by atoms with Gasteiger partial charge < -0.3 is 21.3 Å². The molecule has 0 heterocycles. The molecule has 284 valence electrons. The van der Waals surface area contributed by atoms with E-state index in [0.717, 1.165) is 24.0 Å². The number of carbonyl (C=O) groups is 3. The minimum absolute atomic E-state index is 0.0449. The van der Waals surface area contributed by atoms with E-state index in [4.69, 9.17) is 10.8 Å². The highest BCUT2D eigenvalue weighted by Crippen LogP contribution is 2.47. The number of fused-ring (bicyclic) bond motifs is 2. The van der Waals surface area contributed by atoms with Gasteiger partial charge in [-0.3, -0.25) is 4.79 Å². The number of amides is 1. The molecule has 2 aliphatic carbocycles. The van der Waals surface area contributed by atoms with Crippen LogP contribution in [0.25, 0.3) is 0 Å². The van der Waals surface area contributed by atoms with Crippen LogP contribution >= 0.6 is 0 Å². The number of benzene rings is 4. The number of nitrogens with two attached hydrogens (primary N) is 1. The molecule has 0 aromatic heterocycles. The summed E-state index contributed by atoms with van der Waals surface area (Å²) >= 11 is 0. The zero-order chi connectivity index (χ0) is 40.5. The first-order valence-corrected chi connectivity index (χ1v) is 18.7. The number of carbonyl (C=O) groups excluding carboxylic acids is 1. The van der Waals surface area contributed by atoms with E-state index in [-0.39, 0.29) is 50.1 Å². The van der Waals surface area contributed by atoms with Crippen molar-refractivity contribution in [2.75, 3.05) is 11.1 Å². The largest absolute Gasteiger partial charge is 0.478 e. The van der Waals surface area contributed by atoms with E-state index in [1.54, 1.807) is 24.3 Å². The van der Waals surface area contributed by atoms with Gasteiger partial charge in [0.25, 0.3) is 0 Å². The fourth-order valence-corrected chi connectivity index (χ4v) is 7.56. The Morgan fingerprint density at radius 3 is 1.25 bits per heavy atom. The number of aromatic carboxylic acids is 2. The summed E-state index contributed by atoms with van der Waals surface area (Å²) in [6, 6.07) is 22.5. The minimum Gasteiger partial charge on any atom is -0.478 e. The van der Waals surface area contributed by atoms with Crippen LogP contribution in [0.4, 0.5) is 11.4 Å². The van der Waals surface area contributed by atoms with Gasteiger partial charge in [-0.15, -0.1) is 0 Å². The van der Waals surface area contributed by atoms with Gasteiger partial charge in [0.15, 0.2) is 0 Å². The van der Waals surface area contributed by atoms with Crippen LogP contribution in [0.2, 0.25) is 0 Å². The topological polar surface area (TPSA) is 130 Å². The molecular weight excluding hydrogens is 685 g/mol. The number of hydrogen-bond donors (Lipinski definition) is 4. The lowest BCUT2D eigenvalue weighted by atomic mass is 9.63. The third kappa shape index (κ3) is 9.13. The van der Waals surface area contributed by atoms with Crippen molar-refractivity contribution in [2.24, 2.45) is 0 Å². The second kappa shape index (κ2) is 15.2. The number of nitrogens with one attached hydrogen (secondary N) is 1. The Bertz CT molecular complexity index is 2320. The molecule has 5 N–H and O–H groups in total. The fourth-order valence-electron chi connectivity index (χ4n) is 7.56. The summed E-state index contributed by atoms with van der Waals surface area (Å²) in [5.74, 6) is 10.2. The van der Waals surface area contributed by atoms with Gasteiger partial charge in [0.05, 0.1) is 16.8 Å². The summed E-state index contributed by atoms with van der Waals surface area (Å²) in [4.78, 5) is 33.8. The molecule has 0 bridgehead atoms. The van der Waals surface area contributed by atoms with Crippen molar-refractivity contribution in [3.8, 4) is 23.7 Å². The van der Waals surface area contributed by atoms with Crippen molar-refractivity contribution in [3.63, 3.8) is 0 Å². The summed E-state index contributed by atoms with van der Waals surface area (Å²) in [5.41, 5.74) is 15.8. The zero-order valence-corrected chi connectivity index (χ0v) is 33.5. The number of nitrogen functional groups attached to an aromatic ring is 1. The van der Waals surface area contributed by atoms with Crippen LogP contribution in [0, 0.1) is 23.7 Å². The summed E-state index contributed by atoms with van der Waals surface area (Å²) in [6.45, 7) is 19.7. The summed E-state index contributed by atoms with van der Waals surface area (Å²) in [5, 5.41) is 20.9. The zero-order valence-electron chi connectivity index (χ0n) is 33.5. The van der Waals surface area contributed by atoms with E-state index < -0.39 is 11.9 Å². The van der Waals surface area contributed by atoms with Crippen LogP contribution in [0.5, 0.6) is 0 Å². The van der Waals surface area contributed by atoms with Crippen LogP contribution in [-0.2, 0) is 26.5 Å². The number of carboxylic acids is 2. The Morgan fingerprint density at radius 2 is 0.873 bits per heavy atom. The molecule has 0 unspecified atom stereocenters. The van der Waals surface area contributed by atoms with E-state index in [1.807, 2.05) is 0 Å². The molecule has 1 amide bonds. The standard InChI is InChI=1S/C25H27NO3.C23H25NO2/c1-16(27)26-22-15-18(8-10-19(22)23(28)29)7-6-17-9-11-20-21(14-17)25(4,5)13-12-24(20,2)3;1-22(2)11-12-23(3,4)19-13-15(8-10-18(19)22)5-6-16-7-9-17(21(25)26)20(24)14-16/h8-11,14-15H,12-13H2,1-5H3,(H,26,27)(H,28,29);7-10,13-14H,11-12,24H2,1-4H3,(H,25,26). The van der Waals surface area contributed by atoms with E-state index >= 15 is 0 Å². The summed E-state index contributed by atoms with van der Waals surface area (Å²) in [6.07, 6.45) is 4.66. The van der Waals surface area contributed by atoms with Gasteiger partial charge in [0, 0.05) is 34.9 Å².